The van der Waals surface area contributed by atoms with Crippen molar-refractivity contribution in [3.8, 4) is 5.75 Å². The summed E-state index contributed by atoms with van der Waals surface area (Å²) in [5, 5.41) is 13.2. The van der Waals surface area contributed by atoms with Gasteiger partial charge in [-0.05, 0) is 37.1 Å². The molecule has 2 aromatic heterocycles. The Morgan fingerprint density at radius 2 is 2.17 bits per heavy atom. The topological polar surface area (TPSA) is 68.5 Å². The highest BCUT2D eigenvalue weighted by atomic mass is 32.2. The smallest absolute Gasteiger partial charge is 0.230 e. The van der Waals surface area contributed by atoms with Crippen LogP contribution < -0.4 is 10.1 Å². The first-order valence-electron chi connectivity index (χ1n) is 7.86. The lowest BCUT2D eigenvalue weighted by Crippen LogP contribution is -2.25. The van der Waals surface area contributed by atoms with Gasteiger partial charge < -0.3 is 10.1 Å². The molecule has 7 heteroatoms. The molecule has 0 unspecified atom stereocenters. The van der Waals surface area contributed by atoms with Crippen LogP contribution in [0, 0.1) is 6.92 Å². The van der Waals surface area contributed by atoms with E-state index in [0.29, 0.717) is 17.5 Å². The molecule has 0 saturated heterocycles. The first-order chi connectivity index (χ1) is 11.6. The van der Waals surface area contributed by atoms with E-state index in [0.717, 1.165) is 34.3 Å². The number of fused-ring (bicyclic) bond motifs is 3. The number of pyridine rings is 1. The highest BCUT2D eigenvalue weighted by molar-refractivity contribution is 7.99. The molecule has 0 bridgehead atoms. The number of methoxy groups -OCH3 is 1. The van der Waals surface area contributed by atoms with E-state index in [1.165, 1.54) is 11.8 Å². The van der Waals surface area contributed by atoms with E-state index < -0.39 is 0 Å². The van der Waals surface area contributed by atoms with Crippen LogP contribution in [-0.4, -0.2) is 39.9 Å². The molecule has 3 rings (SSSR count). The van der Waals surface area contributed by atoms with Gasteiger partial charge in [0.1, 0.15) is 5.75 Å². The van der Waals surface area contributed by atoms with Crippen molar-refractivity contribution in [1.82, 2.24) is 19.9 Å². The first kappa shape index (κ1) is 16.6. The number of rotatable bonds is 6. The molecule has 0 aliphatic heterocycles. The molecule has 0 aliphatic carbocycles. The molecule has 3 aromatic rings. The quantitative estimate of drug-likeness (QED) is 0.697. The highest BCUT2D eigenvalue weighted by Crippen LogP contribution is 2.28. The number of nitrogens with one attached hydrogen (secondary N) is 1. The molecular formula is C17H20N4O2S. The van der Waals surface area contributed by atoms with Crippen molar-refractivity contribution in [3.05, 3.63) is 29.8 Å². The molecule has 0 radical (unpaired) electrons. The number of thioether (sulfide) groups is 1. The van der Waals surface area contributed by atoms with Crippen molar-refractivity contribution >= 4 is 34.2 Å². The Labute approximate surface area is 144 Å². The summed E-state index contributed by atoms with van der Waals surface area (Å²) >= 11 is 1.39. The minimum Gasteiger partial charge on any atom is -0.497 e. The number of aromatic nitrogens is 3. The van der Waals surface area contributed by atoms with Gasteiger partial charge in [0.2, 0.25) is 5.91 Å². The molecule has 0 aliphatic rings. The van der Waals surface area contributed by atoms with Crippen LogP contribution in [0.25, 0.3) is 16.6 Å². The summed E-state index contributed by atoms with van der Waals surface area (Å²) in [5.74, 6) is 1.10. The van der Waals surface area contributed by atoms with Gasteiger partial charge in [-0.1, -0.05) is 18.7 Å². The molecule has 0 spiro atoms. The minimum atomic E-state index is 0.00703. The number of benzene rings is 1. The zero-order valence-electron chi connectivity index (χ0n) is 14.0. The number of nitrogens with zero attached hydrogens (tertiary/aromatic N) is 3. The zero-order valence-corrected chi connectivity index (χ0v) is 14.8. The van der Waals surface area contributed by atoms with Crippen molar-refractivity contribution in [2.24, 2.45) is 0 Å². The zero-order chi connectivity index (χ0) is 17.1. The van der Waals surface area contributed by atoms with Gasteiger partial charge in [0.05, 0.1) is 18.4 Å². The molecular weight excluding hydrogens is 324 g/mol. The van der Waals surface area contributed by atoms with Gasteiger partial charge in [0.15, 0.2) is 10.8 Å². The molecule has 1 amide bonds. The van der Waals surface area contributed by atoms with Gasteiger partial charge in [0, 0.05) is 18.0 Å². The standard InChI is InChI=1S/C17H20N4O2S/c1-4-7-18-16(22)10-24-17-20-19-15-8-11(2)13-6-5-12(23-3)9-14(13)21(15)17/h5-6,8-9H,4,7,10H2,1-3H3,(H,18,22). The monoisotopic (exact) mass is 344 g/mol. The van der Waals surface area contributed by atoms with Gasteiger partial charge in [-0.2, -0.15) is 0 Å². The highest BCUT2D eigenvalue weighted by Gasteiger charge is 2.13. The average molecular weight is 344 g/mol. The summed E-state index contributed by atoms with van der Waals surface area (Å²) in [6.45, 7) is 4.77. The summed E-state index contributed by atoms with van der Waals surface area (Å²) in [6, 6.07) is 7.95. The van der Waals surface area contributed by atoms with E-state index in [1.807, 2.05) is 35.6 Å². The second-order valence-electron chi connectivity index (χ2n) is 5.53. The fourth-order valence-electron chi connectivity index (χ4n) is 2.57. The third-order valence-electron chi connectivity index (χ3n) is 3.78. The van der Waals surface area contributed by atoms with Gasteiger partial charge in [-0.15, -0.1) is 10.2 Å². The van der Waals surface area contributed by atoms with Crippen molar-refractivity contribution in [2.75, 3.05) is 19.4 Å². The van der Waals surface area contributed by atoms with E-state index in [9.17, 15) is 4.79 Å². The van der Waals surface area contributed by atoms with E-state index >= 15 is 0 Å². The lowest BCUT2D eigenvalue weighted by atomic mass is 10.1. The van der Waals surface area contributed by atoms with Crippen LogP contribution in [0.5, 0.6) is 5.75 Å². The van der Waals surface area contributed by atoms with Crippen LogP contribution in [0.4, 0.5) is 0 Å². The Hall–Kier alpha value is -2.28. The Morgan fingerprint density at radius 1 is 1.33 bits per heavy atom. The SMILES string of the molecule is CCCNC(=O)CSc1nnc2cc(C)c3ccc(OC)cc3n12. The molecule has 24 heavy (non-hydrogen) atoms. The van der Waals surface area contributed by atoms with Gasteiger partial charge in [-0.3, -0.25) is 9.20 Å². The summed E-state index contributed by atoms with van der Waals surface area (Å²) < 4.78 is 7.32. The average Bonchev–Trinajstić information content (AvgIpc) is 3.00. The Bertz CT molecular complexity index is 891. The number of amides is 1. The van der Waals surface area contributed by atoms with Crippen LogP contribution >= 0.6 is 11.8 Å². The number of carbonyl (C=O) groups is 1. The largest absolute Gasteiger partial charge is 0.497 e. The summed E-state index contributed by atoms with van der Waals surface area (Å²) in [6.07, 6.45) is 0.925. The molecule has 0 fully saturated rings. The fourth-order valence-corrected chi connectivity index (χ4v) is 3.35. The molecule has 2 heterocycles. The van der Waals surface area contributed by atoms with Crippen LogP contribution in [0.3, 0.4) is 0 Å². The summed E-state index contributed by atoms with van der Waals surface area (Å²) in [5.41, 5.74) is 2.88. The van der Waals surface area contributed by atoms with Gasteiger partial charge in [-0.25, -0.2) is 0 Å². The second-order valence-corrected chi connectivity index (χ2v) is 6.47. The predicted molar refractivity (Wildman–Crippen MR) is 95.8 cm³/mol. The third-order valence-corrected chi connectivity index (χ3v) is 4.71. The Kier molecular flexibility index (Phi) is 4.89. The summed E-state index contributed by atoms with van der Waals surface area (Å²) in [4.78, 5) is 11.8. The van der Waals surface area contributed by atoms with Gasteiger partial charge >= 0.3 is 0 Å². The number of hydrogen-bond acceptors (Lipinski definition) is 5. The van der Waals surface area contributed by atoms with Crippen LogP contribution in [0.1, 0.15) is 18.9 Å². The Morgan fingerprint density at radius 3 is 2.92 bits per heavy atom. The Balaban J connectivity index is 2.00. The maximum atomic E-state index is 11.8. The molecule has 1 N–H and O–H groups in total. The normalized spacial score (nSPS) is 11.1. The van der Waals surface area contributed by atoms with Crippen LogP contribution in [-0.2, 0) is 4.79 Å². The molecule has 0 atom stereocenters. The third kappa shape index (κ3) is 3.17. The lowest BCUT2D eigenvalue weighted by Gasteiger charge is -2.09. The molecule has 1 aromatic carbocycles. The number of ether oxygens (including phenoxy) is 1. The second kappa shape index (κ2) is 7.09. The van der Waals surface area contributed by atoms with Gasteiger partial charge in [0.25, 0.3) is 0 Å². The van der Waals surface area contributed by atoms with Crippen LogP contribution in [0.15, 0.2) is 29.4 Å². The minimum absolute atomic E-state index is 0.00703. The van der Waals surface area contributed by atoms with Crippen molar-refractivity contribution in [2.45, 2.75) is 25.4 Å². The first-order valence-corrected chi connectivity index (χ1v) is 8.84. The van der Waals surface area contributed by atoms with Crippen LogP contribution in [0.2, 0.25) is 0 Å². The number of hydrogen-bond donors (Lipinski definition) is 1. The predicted octanol–water partition coefficient (Wildman–Crippen LogP) is 2.82. The van der Waals surface area contributed by atoms with E-state index in [1.54, 1.807) is 7.11 Å². The molecule has 6 nitrogen and oxygen atoms in total. The van der Waals surface area contributed by atoms with E-state index in [-0.39, 0.29) is 5.91 Å². The maximum absolute atomic E-state index is 11.8. The lowest BCUT2D eigenvalue weighted by molar-refractivity contribution is -0.118. The van der Waals surface area contributed by atoms with Crippen molar-refractivity contribution in [1.29, 1.82) is 0 Å². The summed E-state index contributed by atoms with van der Waals surface area (Å²) in [7, 11) is 1.65. The van der Waals surface area contributed by atoms with E-state index in [4.69, 9.17) is 4.74 Å². The molecule has 126 valence electrons. The van der Waals surface area contributed by atoms with Crippen molar-refractivity contribution in [3.63, 3.8) is 0 Å². The van der Waals surface area contributed by atoms with E-state index in [2.05, 4.69) is 22.4 Å². The molecule has 0 saturated carbocycles. The van der Waals surface area contributed by atoms with Crippen molar-refractivity contribution < 1.29 is 9.53 Å². The maximum Gasteiger partial charge on any atom is 0.230 e. The number of aryl methyl sites for hydroxylation is 1. The number of carbonyl (C=O) groups excluding carboxylic acids is 1. The fraction of sp³-hybridized carbons (Fsp3) is 0.353.